The second-order valence-corrected chi connectivity index (χ2v) is 5.17. The van der Waals surface area contributed by atoms with Crippen molar-refractivity contribution < 1.29 is 14.3 Å². The summed E-state index contributed by atoms with van der Waals surface area (Å²) in [5.74, 6) is 0.170. The fraction of sp³-hybridized carbons (Fsp3) is 0.222. The van der Waals surface area contributed by atoms with Gasteiger partial charge in [0.05, 0.1) is 7.11 Å². The lowest BCUT2D eigenvalue weighted by Crippen LogP contribution is -2.36. The summed E-state index contributed by atoms with van der Waals surface area (Å²) in [5.41, 5.74) is 2.33. The molecule has 0 aliphatic carbocycles. The molecule has 0 aliphatic heterocycles. The summed E-state index contributed by atoms with van der Waals surface area (Å²) in [6.07, 6.45) is 0. The summed E-state index contributed by atoms with van der Waals surface area (Å²) in [7, 11) is 1.56. The van der Waals surface area contributed by atoms with Gasteiger partial charge in [-0.1, -0.05) is 24.3 Å². The van der Waals surface area contributed by atoms with Crippen molar-refractivity contribution in [1.29, 1.82) is 0 Å². The van der Waals surface area contributed by atoms with Crippen LogP contribution in [0, 0.1) is 6.92 Å². The van der Waals surface area contributed by atoms with E-state index in [9.17, 15) is 9.59 Å². The summed E-state index contributed by atoms with van der Waals surface area (Å²) < 4.78 is 5.16. The molecular formula is C18H20N2O3. The second kappa shape index (κ2) is 7.45. The van der Waals surface area contributed by atoms with Crippen LogP contribution in [0.2, 0.25) is 0 Å². The molecule has 120 valence electrons. The van der Waals surface area contributed by atoms with Gasteiger partial charge in [0.15, 0.2) is 0 Å². The number of hydrogen-bond acceptors (Lipinski definition) is 3. The van der Waals surface area contributed by atoms with Gasteiger partial charge in [-0.15, -0.1) is 0 Å². The number of amides is 2. The number of carbonyl (C=O) groups is 2. The topological polar surface area (TPSA) is 58.6 Å². The Kier molecular flexibility index (Phi) is 5.36. The van der Waals surface area contributed by atoms with Gasteiger partial charge in [-0.2, -0.15) is 0 Å². The predicted molar refractivity (Wildman–Crippen MR) is 90.8 cm³/mol. The molecule has 0 aliphatic rings. The first-order valence-corrected chi connectivity index (χ1v) is 7.29. The monoisotopic (exact) mass is 312 g/mol. The zero-order valence-corrected chi connectivity index (χ0v) is 13.5. The minimum absolute atomic E-state index is 0.0587. The molecule has 0 radical (unpaired) electrons. The van der Waals surface area contributed by atoms with Gasteiger partial charge in [0.25, 0.3) is 0 Å². The van der Waals surface area contributed by atoms with Crippen molar-refractivity contribution in [2.45, 2.75) is 13.8 Å². The summed E-state index contributed by atoms with van der Waals surface area (Å²) >= 11 is 0. The van der Waals surface area contributed by atoms with Crippen molar-refractivity contribution in [3.63, 3.8) is 0 Å². The molecule has 2 aromatic carbocycles. The Labute approximate surface area is 135 Å². The quantitative estimate of drug-likeness (QED) is 0.923. The Morgan fingerprint density at radius 3 is 2.52 bits per heavy atom. The van der Waals surface area contributed by atoms with Gasteiger partial charge < -0.3 is 15.0 Å². The molecule has 0 aromatic heterocycles. The molecule has 2 aromatic rings. The van der Waals surface area contributed by atoms with E-state index in [0.717, 1.165) is 11.3 Å². The van der Waals surface area contributed by atoms with E-state index in [4.69, 9.17) is 4.74 Å². The third kappa shape index (κ3) is 4.32. The van der Waals surface area contributed by atoms with Gasteiger partial charge in [0, 0.05) is 24.4 Å². The Bertz CT molecular complexity index is 713. The van der Waals surface area contributed by atoms with E-state index in [2.05, 4.69) is 5.32 Å². The fourth-order valence-corrected chi connectivity index (χ4v) is 2.21. The van der Waals surface area contributed by atoms with Crippen LogP contribution in [-0.2, 0) is 9.59 Å². The first kappa shape index (κ1) is 16.5. The van der Waals surface area contributed by atoms with Crippen LogP contribution in [-0.4, -0.2) is 25.5 Å². The largest absolute Gasteiger partial charge is 0.497 e. The van der Waals surface area contributed by atoms with Gasteiger partial charge in [0.1, 0.15) is 12.3 Å². The van der Waals surface area contributed by atoms with E-state index < -0.39 is 0 Å². The van der Waals surface area contributed by atoms with Crippen LogP contribution in [0.15, 0.2) is 48.5 Å². The Hall–Kier alpha value is -2.82. The van der Waals surface area contributed by atoms with E-state index >= 15 is 0 Å². The second-order valence-electron chi connectivity index (χ2n) is 5.17. The molecular weight excluding hydrogens is 292 g/mol. The zero-order chi connectivity index (χ0) is 16.8. The van der Waals surface area contributed by atoms with Gasteiger partial charge in [0.2, 0.25) is 11.8 Å². The van der Waals surface area contributed by atoms with E-state index in [1.165, 1.54) is 11.8 Å². The molecule has 0 atom stereocenters. The molecule has 2 amide bonds. The number of benzene rings is 2. The van der Waals surface area contributed by atoms with E-state index in [-0.39, 0.29) is 18.4 Å². The number of hydrogen-bond donors (Lipinski definition) is 1. The molecule has 0 heterocycles. The van der Waals surface area contributed by atoms with Crippen molar-refractivity contribution in [2.24, 2.45) is 0 Å². The molecule has 0 bridgehead atoms. The lowest BCUT2D eigenvalue weighted by Gasteiger charge is -2.21. The molecule has 23 heavy (non-hydrogen) atoms. The normalized spacial score (nSPS) is 10.0. The molecule has 2 rings (SSSR count). The van der Waals surface area contributed by atoms with Crippen LogP contribution >= 0.6 is 0 Å². The Balaban J connectivity index is 2.14. The average Bonchev–Trinajstić information content (AvgIpc) is 2.54. The molecule has 5 nitrogen and oxygen atoms in total. The Morgan fingerprint density at radius 2 is 1.87 bits per heavy atom. The number of anilines is 2. The van der Waals surface area contributed by atoms with E-state index in [1.54, 1.807) is 31.4 Å². The van der Waals surface area contributed by atoms with E-state index in [1.807, 2.05) is 31.2 Å². The number of rotatable bonds is 5. The Morgan fingerprint density at radius 1 is 1.13 bits per heavy atom. The lowest BCUT2D eigenvalue weighted by atomic mass is 10.2. The van der Waals surface area contributed by atoms with Crippen LogP contribution < -0.4 is 15.0 Å². The highest BCUT2D eigenvalue weighted by atomic mass is 16.5. The SMILES string of the molecule is COc1cccc(N(CC(=O)Nc2ccccc2C)C(C)=O)c1. The lowest BCUT2D eigenvalue weighted by molar-refractivity contribution is -0.120. The number of ether oxygens (including phenoxy) is 1. The van der Waals surface area contributed by atoms with Crippen LogP contribution in [0.5, 0.6) is 5.75 Å². The number of carbonyl (C=O) groups excluding carboxylic acids is 2. The van der Waals surface area contributed by atoms with Crippen molar-refractivity contribution >= 4 is 23.2 Å². The van der Waals surface area contributed by atoms with Gasteiger partial charge >= 0.3 is 0 Å². The fourth-order valence-electron chi connectivity index (χ4n) is 2.21. The highest BCUT2D eigenvalue weighted by Crippen LogP contribution is 2.21. The van der Waals surface area contributed by atoms with Gasteiger partial charge in [-0.25, -0.2) is 0 Å². The third-order valence-electron chi connectivity index (χ3n) is 3.47. The molecule has 0 saturated heterocycles. The third-order valence-corrected chi connectivity index (χ3v) is 3.47. The molecule has 0 fully saturated rings. The number of nitrogens with one attached hydrogen (secondary N) is 1. The van der Waals surface area contributed by atoms with Crippen LogP contribution in [0.3, 0.4) is 0 Å². The van der Waals surface area contributed by atoms with Crippen molar-refractivity contribution in [2.75, 3.05) is 23.9 Å². The zero-order valence-electron chi connectivity index (χ0n) is 13.5. The highest BCUT2D eigenvalue weighted by Gasteiger charge is 2.16. The van der Waals surface area contributed by atoms with Crippen LogP contribution in [0.4, 0.5) is 11.4 Å². The molecule has 5 heteroatoms. The number of aryl methyl sites for hydroxylation is 1. The first-order valence-electron chi connectivity index (χ1n) is 7.29. The molecule has 0 saturated carbocycles. The van der Waals surface area contributed by atoms with Gasteiger partial charge in [-0.3, -0.25) is 9.59 Å². The predicted octanol–water partition coefficient (Wildman–Crippen LogP) is 3.00. The van der Waals surface area contributed by atoms with Crippen molar-refractivity contribution in [1.82, 2.24) is 0 Å². The summed E-state index contributed by atoms with van der Waals surface area (Å²) in [5, 5.41) is 2.83. The molecule has 0 unspecified atom stereocenters. The number of para-hydroxylation sites is 1. The maximum atomic E-state index is 12.3. The minimum Gasteiger partial charge on any atom is -0.497 e. The standard InChI is InChI=1S/C18H20N2O3/c1-13-7-4-5-10-17(13)19-18(22)12-20(14(2)21)15-8-6-9-16(11-15)23-3/h4-11H,12H2,1-3H3,(H,19,22). The summed E-state index contributed by atoms with van der Waals surface area (Å²) in [6.45, 7) is 3.29. The minimum atomic E-state index is -0.252. The maximum Gasteiger partial charge on any atom is 0.244 e. The number of nitrogens with zero attached hydrogens (tertiary/aromatic N) is 1. The summed E-state index contributed by atoms with van der Waals surface area (Å²) in [4.78, 5) is 25.6. The highest BCUT2D eigenvalue weighted by molar-refractivity contribution is 6.02. The van der Waals surface area contributed by atoms with Crippen molar-refractivity contribution in [3.8, 4) is 5.75 Å². The summed E-state index contributed by atoms with van der Waals surface area (Å²) in [6, 6.07) is 14.6. The van der Waals surface area contributed by atoms with Crippen LogP contribution in [0.25, 0.3) is 0 Å². The first-order chi connectivity index (χ1) is 11.0. The molecule has 1 N–H and O–H groups in total. The van der Waals surface area contributed by atoms with Crippen LogP contribution in [0.1, 0.15) is 12.5 Å². The smallest absolute Gasteiger partial charge is 0.244 e. The average molecular weight is 312 g/mol. The van der Waals surface area contributed by atoms with Crippen molar-refractivity contribution in [3.05, 3.63) is 54.1 Å². The number of methoxy groups -OCH3 is 1. The maximum absolute atomic E-state index is 12.3. The van der Waals surface area contributed by atoms with Gasteiger partial charge in [-0.05, 0) is 30.7 Å². The molecule has 0 spiro atoms. The van der Waals surface area contributed by atoms with E-state index in [0.29, 0.717) is 11.4 Å².